The number of benzene rings is 1. The molecule has 16 heavy (non-hydrogen) atoms. The van der Waals surface area contributed by atoms with Gasteiger partial charge in [0.25, 0.3) is 17.5 Å². The van der Waals surface area contributed by atoms with Crippen molar-refractivity contribution in [2.75, 3.05) is 0 Å². The van der Waals surface area contributed by atoms with Crippen LogP contribution in [0.15, 0.2) is 18.2 Å². The summed E-state index contributed by atoms with van der Waals surface area (Å²) in [7, 11) is 0. The summed E-state index contributed by atoms with van der Waals surface area (Å²) in [5, 5.41) is 19.2. The topological polar surface area (TPSA) is 104 Å². The number of rotatable bonds is 1. The summed E-state index contributed by atoms with van der Waals surface area (Å²) in [5.74, 6) is -1.78. The fourth-order valence-corrected chi connectivity index (χ4v) is 1.51. The molecule has 7 heteroatoms. The van der Waals surface area contributed by atoms with Crippen molar-refractivity contribution in [3.63, 3.8) is 0 Å². The van der Waals surface area contributed by atoms with Crippen LogP contribution in [0.25, 0.3) is 0 Å². The van der Waals surface area contributed by atoms with Gasteiger partial charge in [-0.25, -0.2) is 0 Å². The molecule has 0 aliphatic carbocycles. The molecule has 2 amide bonds. The smallest absolute Gasteiger partial charge is 0.267 e. The quantitative estimate of drug-likeness (QED) is 0.297. The number of carbonyl (C=O) groups excluding carboxylic acids is 2. The van der Waals surface area contributed by atoms with Gasteiger partial charge >= 0.3 is 0 Å². The summed E-state index contributed by atoms with van der Waals surface area (Å²) >= 11 is 0. The number of amides is 2. The number of nitriles is 1. The average Bonchev–Trinajstić information content (AvgIpc) is 2.51. The number of imide groups is 1. The largest absolute Gasteiger partial charge is 0.283 e. The molecule has 0 N–H and O–H groups in total. The first-order valence-corrected chi connectivity index (χ1v) is 4.14. The molecular formula is C9H3N3O4. The van der Waals surface area contributed by atoms with E-state index in [4.69, 9.17) is 5.26 Å². The van der Waals surface area contributed by atoms with Crippen LogP contribution in [0.2, 0.25) is 0 Å². The summed E-state index contributed by atoms with van der Waals surface area (Å²) in [6, 6.07) is 3.69. The SMILES string of the molecule is N#CN1C(=O)c2cccc([N+](=O)[O-])c2C1=O. The van der Waals surface area contributed by atoms with Crippen LogP contribution in [0.5, 0.6) is 0 Å². The minimum Gasteiger partial charge on any atom is -0.267 e. The summed E-state index contributed by atoms with van der Waals surface area (Å²) in [5.41, 5.74) is -0.895. The fourth-order valence-electron chi connectivity index (χ4n) is 1.51. The predicted molar refractivity (Wildman–Crippen MR) is 49.2 cm³/mol. The van der Waals surface area contributed by atoms with Crippen LogP contribution in [0.1, 0.15) is 20.7 Å². The Kier molecular flexibility index (Phi) is 1.92. The molecule has 1 aliphatic rings. The highest BCUT2D eigenvalue weighted by Gasteiger charge is 2.41. The molecule has 1 heterocycles. The molecule has 78 valence electrons. The third-order valence-corrected chi connectivity index (χ3v) is 2.19. The summed E-state index contributed by atoms with van der Waals surface area (Å²) in [6.45, 7) is 0. The van der Waals surface area contributed by atoms with Crippen molar-refractivity contribution in [3.05, 3.63) is 39.4 Å². The van der Waals surface area contributed by atoms with Gasteiger partial charge in [-0.05, 0) is 6.07 Å². The van der Waals surface area contributed by atoms with Gasteiger partial charge in [0.05, 0.1) is 10.5 Å². The first kappa shape index (κ1) is 9.79. The Morgan fingerprint density at radius 1 is 1.31 bits per heavy atom. The maximum Gasteiger partial charge on any atom is 0.283 e. The van der Waals surface area contributed by atoms with E-state index in [9.17, 15) is 19.7 Å². The molecule has 0 saturated carbocycles. The molecule has 0 spiro atoms. The van der Waals surface area contributed by atoms with Crippen LogP contribution in [-0.4, -0.2) is 21.6 Å². The highest BCUT2D eigenvalue weighted by molar-refractivity contribution is 6.24. The molecule has 0 atom stereocenters. The molecule has 0 fully saturated rings. The van der Waals surface area contributed by atoms with Crippen molar-refractivity contribution >= 4 is 17.5 Å². The second kappa shape index (κ2) is 3.13. The Morgan fingerprint density at radius 3 is 2.56 bits per heavy atom. The summed E-state index contributed by atoms with van der Waals surface area (Å²) < 4.78 is 0. The number of fused-ring (bicyclic) bond motifs is 1. The van der Waals surface area contributed by atoms with Crippen LogP contribution < -0.4 is 0 Å². The second-order valence-corrected chi connectivity index (χ2v) is 3.00. The van der Waals surface area contributed by atoms with Gasteiger partial charge in [0.2, 0.25) is 0 Å². The average molecular weight is 217 g/mol. The molecule has 7 nitrogen and oxygen atoms in total. The van der Waals surface area contributed by atoms with Gasteiger partial charge in [-0.3, -0.25) is 19.7 Å². The first-order chi connectivity index (χ1) is 7.57. The summed E-state index contributed by atoms with van der Waals surface area (Å²) in [4.78, 5) is 33.2. The molecule has 0 saturated heterocycles. The number of carbonyl (C=O) groups is 2. The molecule has 1 aliphatic heterocycles. The lowest BCUT2D eigenvalue weighted by atomic mass is 10.1. The van der Waals surface area contributed by atoms with Crippen LogP contribution in [0.3, 0.4) is 0 Å². The molecule has 0 bridgehead atoms. The fraction of sp³-hybridized carbons (Fsp3) is 0. The first-order valence-electron chi connectivity index (χ1n) is 4.14. The lowest BCUT2D eigenvalue weighted by Crippen LogP contribution is -2.23. The van der Waals surface area contributed by atoms with Crippen LogP contribution >= 0.6 is 0 Å². The number of nitro groups is 1. The Labute approximate surface area is 88.6 Å². The van der Waals surface area contributed by atoms with Gasteiger partial charge in [-0.2, -0.15) is 10.2 Å². The Morgan fingerprint density at radius 2 is 2.00 bits per heavy atom. The van der Waals surface area contributed by atoms with Crippen molar-refractivity contribution in [1.29, 1.82) is 5.26 Å². The standard InChI is InChI=1S/C9H3N3O4/c10-4-11-8(13)5-2-1-3-6(12(15)16)7(5)9(11)14/h1-3H. The minimum absolute atomic E-state index is 0.110. The highest BCUT2D eigenvalue weighted by atomic mass is 16.6. The molecule has 1 aromatic rings. The molecule has 0 radical (unpaired) electrons. The van der Waals surface area contributed by atoms with E-state index in [0.29, 0.717) is 4.90 Å². The molecule has 1 aromatic carbocycles. The van der Waals surface area contributed by atoms with Gasteiger partial charge < -0.3 is 0 Å². The number of nitrogens with zero attached hydrogens (tertiary/aromatic N) is 3. The zero-order valence-electron chi connectivity index (χ0n) is 7.71. The zero-order valence-corrected chi connectivity index (χ0v) is 7.71. The van der Waals surface area contributed by atoms with E-state index in [1.807, 2.05) is 0 Å². The number of hydrogen-bond acceptors (Lipinski definition) is 5. The summed E-state index contributed by atoms with van der Waals surface area (Å²) in [6.07, 6.45) is 1.39. The van der Waals surface area contributed by atoms with Crippen molar-refractivity contribution in [2.45, 2.75) is 0 Å². The van der Waals surface area contributed by atoms with E-state index in [1.54, 1.807) is 0 Å². The van der Waals surface area contributed by atoms with Gasteiger partial charge in [0, 0.05) is 6.07 Å². The molecule has 0 aromatic heterocycles. The van der Waals surface area contributed by atoms with Gasteiger partial charge in [0.1, 0.15) is 5.56 Å². The molecule has 0 unspecified atom stereocenters. The number of nitro benzene ring substituents is 1. The van der Waals surface area contributed by atoms with E-state index >= 15 is 0 Å². The van der Waals surface area contributed by atoms with Crippen molar-refractivity contribution in [3.8, 4) is 6.19 Å². The lowest BCUT2D eigenvalue weighted by Gasteiger charge is -1.98. The van der Waals surface area contributed by atoms with Crippen molar-refractivity contribution in [2.24, 2.45) is 0 Å². The third-order valence-electron chi connectivity index (χ3n) is 2.19. The van der Waals surface area contributed by atoms with Crippen LogP contribution in [0.4, 0.5) is 5.69 Å². The predicted octanol–water partition coefficient (Wildman–Crippen LogP) is 0.672. The molecular weight excluding hydrogens is 214 g/mol. The number of hydrogen-bond donors (Lipinski definition) is 0. The Bertz CT molecular complexity index is 573. The van der Waals surface area contributed by atoms with Gasteiger partial charge in [-0.15, -0.1) is 0 Å². The van der Waals surface area contributed by atoms with Crippen molar-refractivity contribution in [1.82, 2.24) is 4.90 Å². The van der Waals surface area contributed by atoms with E-state index in [0.717, 1.165) is 6.07 Å². The van der Waals surface area contributed by atoms with Gasteiger partial charge in [0.15, 0.2) is 6.19 Å². The van der Waals surface area contributed by atoms with Crippen LogP contribution in [0, 0.1) is 21.6 Å². The van der Waals surface area contributed by atoms with E-state index < -0.39 is 22.4 Å². The Balaban J connectivity index is 2.74. The highest BCUT2D eigenvalue weighted by Crippen LogP contribution is 2.29. The molecule has 2 rings (SSSR count). The lowest BCUT2D eigenvalue weighted by molar-refractivity contribution is -0.385. The van der Waals surface area contributed by atoms with Gasteiger partial charge in [-0.1, -0.05) is 6.07 Å². The van der Waals surface area contributed by atoms with E-state index in [2.05, 4.69) is 0 Å². The van der Waals surface area contributed by atoms with Crippen LogP contribution in [-0.2, 0) is 0 Å². The second-order valence-electron chi connectivity index (χ2n) is 3.00. The van der Waals surface area contributed by atoms with E-state index in [1.165, 1.54) is 18.3 Å². The minimum atomic E-state index is -0.949. The normalized spacial score (nSPS) is 13.6. The maximum absolute atomic E-state index is 11.5. The monoisotopic (exact) mass is 217 g/mol. The third kappa shape index (κ3) is 1.07. The Hall–Kier alpha value is -2.75. The van der Waals surface area contributed by atoms with E-state index in [-0.39, 0.29) is 11.1 Å². The zero-order chi connectivity index (χ0) is 11.9. The van der Waals surface area contributed by atoms with Crippen molar-refractivity contribution < 1.29 is 14.5 Å². The maximum atomic E-state index is 11.5.